The van der Waals surface area contributed by atoms with Crippen LogP contribution in [0.4, 0.5) is 0 Å². The van der Waals surface area contributed by atoms with Crippen LogP contribution in [-0.2, 0) is 23.8 Å². The minimum atomic E-state index is -1.64. The van der Waals surface area contributed by atoms with Crippen LogP contribution in [0.5, 0.6) is 0 Å². The first-order chi connectivity index (χ1) is 8.36. The average molecular weight is 264 g/mol. The van der Waals surface area contributed by atoms with Crippen molar-refractivity contribution in [3.05, 3.63) is 0 Å². The number of esters is 2. The van der Waals surface area contributed by atoms with E-state index in [1.165, 1.54) is 0 Å². The Morgan fingerprint density at radius 3 is 2.06 bits per heavy atom. The van der Waals surface area contributed by atoms with Gasteiger partial charge in [-0.3, -0.25) is 9.59 Å². The molecular weight excluding hydrogens is 248 g/mol. The van der Waals surface area contributed by atoms with Gasteiger partial charge in [0.1, 0.15) is 12.2 Å². The second-order valence-corrected chi connectivity index (χ2v) is 3.89. The number of ether oxygens (including phenoxy) is 3. The molecule has 5 atom stereocenters. The van der Waals surface area contributed by atoms with Crippen molar-refractivity contribution in [2.24, 2.45) is 0 Å². The van der Waals surface area contributed by atoms with E-state index in [0.29, 0.717) is 0 Å². The highest BCUT2D eigenvalue weighted by Gasteiger charge is 2.48. The Bertz CT molecular complexity index is 301. The molecule has 0 amide bonds. The van der Waals surface area contributed by atoms with Crippen molar-refractivity contribution in [1.29, 1.82) is 0 Å². The Balaban J connectivity index is 2.92. The van der Waals surface area contributed by atoms with Gasteiger partial charge in [-0.15, -0.1) is 0 Å². The van der Waals surface area contributed by atoms with Crippen LogP contribution in [0.3, 0.4) is 0 Å². The number of rotatable bonds is 3. The molecule has 0 spiro atoms. The third-order valence-corrected chi connectivity index (χ3v) is 2.42. The second-order valence-electron chi connectivity index (χ2n) is 3.89. The Morgan fingerprint density at radius 1 is 1.11 bits per heavy atom. The molecule has 0 bridgehead atoms. The van der Waals surface area contributed by atoms with E-state index in [4.69, 9.17) is 19.3 Å². The summed E-state index contributed by atoms with van der Waals surface area (Å²) in [6, 6.07) is 0. The summed E-state index contributed by atoms with van der Waals surface area (Å²) in [5.74, 6) is -1.41. The molecule has 0 aromatic rings. The van der Waals surface area contributed by atoms with Gasteiger partial charge in [0.25, 0.3) is 0 Å². The smallest absolute Gasteiger partial charge is 0.303 e. The lowest BCUT2D eigenvalue weighted by atomic mass is 9.98. The fraction of sp³-hybridized carbons (Fsp3) is 0.800. The number of carbonyl (C=O) groups is 2. The van der Waals surface area contributed by atoms with E-state index in [-0.39, 0.29) is 0 Å². The first-order valence-corrected chi connectivity index (χ1v) is 5.33. The van der Waals surface area contributed by atoms with Crippen molar-refractivity contribution in [2.45, 2.75) is 44.6 Å². The summed E-state index contributed by atoms with van der Waals surface area (Å²) in [6.07, 6.45) is -6.78. The van der Waals surface area contributed by atoms with Gasteiger partial charge in [0.05, 0.1) is 6.61 Å². The van der Waals surface area contributed by atoms with Gasteiger partial charge in [-0.2, -0.15) is 0 Å². The number of hydrogen-bond acceptors (Lipinski definition) is 8. The minimum Gasteiger partial charge on any atom is -0.456 e. The Labute approximate surface area is 103 Å². The fourth-order valence-corrected chi connectivity index (χ4v) is 1.72. The summed E-state index contributed by atoms with van der Waals surface area (Å²) in [6.45, 7) is 1.66. The van der Waals surface area contributed by atoms with Crippen molar-refractivity contribution in [3.63, 3.8) is 0 Å². The van der Waals surface area contributed by atoms with Crippen molar-refractivity contribution >= 4 is 11.9 Å². The molecular formula is C10H16O8. The third-order valence-electron chi connectivity index (χ3n) is 2.42. The van der Waals surface area contributed by atoms with Gasteiger partial charge in [-0.1, -0.05) is 0 Å². The van der Waals surface area contributed by atoms with E-state index in [1.807, 2.05) is 0 Å². The van der Waals surface area contributed by atoms with Gasteiger partial charge >= 0.3 is 11.9 Å². The van der Waals surface area contributed by atoms with Gasteiger partial charge in [0.2, 0.25) is 0 Å². The first-order valence-electron chi connectivity index (χ1n) is 5.33. The van der Waals surface area contributed by atoms with Crippen LogP contribution in [-0.4, -0.2) is 64.6 Å². The Hall–Kier alpha value is -1.22. The van der Waals surface area contributed by atoms with Gasteiger partial charge in [-0.25, -0.2) is 0 Å². The molecule has 8 nitrogen and oxygen atoms in total. The predicted molar refractivity (Wildman–Crippen MR) is 55.1 cm³/mol. The molecule has 3 unspecified atom stereocenters. The normalized spacial score (nSPS) is 35.9. The summed E-state index contributed by atoms with van der Waals surface area (Å²) in [7, 11) is 0. The van der Waals surface area contributed by atoms with E-state index in [9.17, 15) is 19.8 Å². The molecule has 1 saturated heterocycles. The van der Waals surface area contributed by atoms with E-state index < -0.39 is 49.3 Å². The van der Waals surface area contributed by atoms with E-state index >= 15 is 0 Å². The average Bonchev–Trinajstić information content (AvgIpc) is 2.27. The van der Waals surface area contributed by atoms with Gasteiger partial charge in [0.15, 0.2) is 18.5 Å². The van der Waals surface area contributed by atoms with E-state index in [1.54, 1.807) is 0 Å². The molecule has 0 aromatic carbocycles. The summed E-state index contributed by atoms with van der Waals surface area (Å²) < 4.78 is 14.5. The molecule has 1 aliphatic heterocycles. The molecule has 8 heteroatoms. The van der Waals surface area contributed by atoms with E-state index in [2.05, 4.69) is 0 Å². The number of aliphatic hydroxyl groups is 3. The SMILES string of the molecule is CC(=O)O[C@H]1C(CO)OC(O)C(O)[C@@H]1OC(C)=O. The van der Waals surface area contributed by atoms with Crippen LogP contribution in [0, 0.1) is 0 Å². The molecule has 104 valence electrons. The molecule has 0 aromatic heterocycles. The topological polar surface area (TPSA) is 123 Å². The summed E-state index contributed by atoms with van der Waals surface area (Å²) >= 11 is 0. The zero-order chi connectivity index (χ0) is 13.9. The second kappa shape index (κ2) is 6.10. The highest BCUT2D eigenvalue weighted by Crippen LogP contribution is 2.25. The lowest BCUT2D eigenvalue weighted by Gasteiger charge is -2.40. The van der Waals surface area contributed by atoms with Gasteiger partial charge in [0, 0.05) is 13.8 Å². The quantitative estimate of drug-likeness (QED) is 0.496. The lowest BCUT2D eigenvalue weighted by Crippen LogP contribution is -2.61. The van der Waals surface area contributed by atoms with Crippen LogP contribution in [0.1, 0.15) is 13.8 Å². The number of carbonyl (C=O) groups excluding carboxylic acids is 2. The Morgan fingerprint density at radius 2 is 1.61 bits per heavy atom. The minimum absolute atomic E-state index is 0.570. The van der Waals surface area contributed by atoms with E-state index in [0.717, 1.165) is 13.8 Å². The molecule has 1 heterocycles. The van der Waals surface area contributed by atoms with Gasteiger partial charge < -0.3 is 29.5 Å². The van der Waals surface area contributed by atoms with Crippen LogP contribution in [0.25, 0.3) is 0 Å². The Kier molecular flexibility index (Phi) is 5.03. The van der Waals surface area contributed by atoms with Crippen molar-refractivity contribution in [1.82, 2.24) is 0 Å². The maximum atomic E-state index is 10.9. The molecule has 0 radical (unpaired) electrons. The summed E-state index contributed by atoms with van der Waals surface area (Å²) in [5.41, 5.74) is 0. The fourth-order valence-electron chi connectivity index (χ4n) is 1.72. The van der Waals surface area contributed by atoms with Crippen molar-refractivity contribution in [3.8, 4) is 0 Å². The number of hydrogen-bond donors (Lipinski definition) is 3. The summed E-state index contributed by atoms with van der Waals surface area (Å²) in [5, 5.41) is 28.1. The molecule has 1 rings (SSSR count). The maximum Gasteiger partial charge on any atom is 0.303 e. The van der Waals surface area contributed by atoms with Crippen LogP contribution in [0.15, 0.2) is 0 Å². The molecule has 0 saturated carbocycles. The maximum absolute atomic E-state index is 10.9. The van der Waals surface area contributed by atoms with Crippen LogP contribution < -0.4 is 0 Å². The number of aliphatic hydroxyl groups excluding tert-OH is 3. The summed E-state index contributed by atoms with van der Waals surface area (Å²) in [4.78, 5) is 21.9. The lowest BCUT2D eigenvalue weighted by molar-refractivity contribution is -0.292. The highest BCUT2D eigenvalue weighted by atomic mass is 16.7. The van der Waals surface area contributed by atoms with Crippen LogP contribution in [0.2, 0.25) is 0 Å². The van der Waals surface area contributed by atoms with Gasteiger partial charge in [-0.05, 0) is 0 Å². The highest BCUT2D eigenvalue weighted by molar-refractivity contribution is 5.67. The molecule has 3 N–H and O–H groups in total. The monoisotopic (exact) mass is 264 g/mol. The molecule has 1 aliphatic rings. The predicted octanol–water partition coefficient (Wildman–Crippen LogP) is -2.08. The van der Waals surface area contributed by atoms with Crippen molar-refractivity contribution < 1.29 is 39.1 Å². The molecule has 18 heavy (non-hydrogen) atoms. The molecule has 1 fully saturated rings. The zero-order valence-corrected chi connectivity index (χ0v) is 9.98. The van der Waals surface area contributed by atoms with Crippen LogP contribution >= 0.6 is 0 Å². The third kappa shape index (κ3) is 3.39. The molecule has 0 aliphatic carbocycles. The largest absolute Gasteiger partial charge is 0.456 e. The van der Waals surface area contributed by atoms with Crippen molar-refractivity contribution in [2.75, 3.05) is 6.61 Å². The standard InChI is InChI=1S/C10H16O8/c1-4(12)16-8-6(3-11)18-10(15)7(14)9(8)17-5(2)13/h6-11,14-15H,3H2,1-2H3/t6?,7?,8-,9-,10?/m0/s1. The zero-order valence-electron chi connectivity index (χ0n) is 9.98. The first kappa shape index (κ1) is 14.8.